The molecule has 0 fully saturated rings. The maximum Gasteiger partial charge on any atom is 0.359 e. The number of hydrogen-bond acceptors (Lipinski definition) is 5. The van der Waals surface area contributed by atoms with Gasteiger partial charge in [-0.2, -0.15) is 5.10 Å². The van der Waals surface area contributed by atoms with E-state index in [1.807, 2.05) is 0 Å². The van der Waals surface area contributed by atoms with E-state index in [0.717, 1.165) is 5.56 Å². The van der Waals surface area contributed by atoms with Gasteiger partial charge in [0.2, 0.25) is 0 Å². The molecule has 8 heteroatoms. The first-order chi connectivity index (χ1) is 13.5. The van der Waals surface area contributed by atoms with E-state index in [1.54, 1.807) is 55.5 Å². The van der Waals surface area contributed by atoms with Crippen molar-refractivity contribution in [3.8, 4) is 0 Å². The number of amides is 1. The molecule has 1 amide bonds. The Labute approximate surface area is 165 Å². The third-order valence-electron chi connectivity index (χ3n) is 4.10. The lowest BCUT2D eigenvalue weighted by atomic mass is 10.1. The summed E-state index contributed by atoms with van der Waals surface area (Å²) < 4.78 is 6.29. The van der Waals surface area contributed by atoms with Crippen LogP contribution in [0.2, 0.25) is 5.02 Å². The van der Waals surface area contributed by atoms with Crippen molar-refractivity contribution in [1.29, 1.82) is 0 Å². The number of fused-ring (bicyclic) bond motifs is 1. The van der Waals surface area contributed by atoms with Crippen LogP contribution in [0.25, 0.3) is 10.8 Å². The number of aromatic nitrogens is 2. The molecule has 0 aliphatic carbocycles. The third kappa shape index (κ3) is 4.37. The zero-order valence-electron chi connectivity index (χ0n) is 15.1. The minimum Gasteiger partial charge on any atom is -0.451 e. The lowest BCUT2D eigenvalue weighted by Crippen LogP contribution is -2.30. The zero-order chi connectivity index (χ0) is 20.1. The highest BCUT2D eigenvalue weighted by molar-refractivity contribution is 6.30. The SMILES string of the molecule is CCn1nc(C(=O)OCC(=O)NCc2ccc(Cl)cc2)c2ccccc2c1=O. The smallest absolute Gasteiger partial charge is 0.359 e. The first-order valence-electron chi connectivity index (χ1n) is 8.67. The van der Waals surface area contributed by atoms with Gasteiger partial charge < -0.3 is 10.1 Å². The summed E-state index contributed by atoms with van der Waals surface area (Å²) in [6.45, 7) is 1.90. The van der Waals surface area contributed by atoms with Gasteiger partial charge in [-0.05, 0) is 30.7 Å². The van der Waals surface area contributed by atoms with Crippen LogP contribution in [0, 0.1) is 0 Å². The molecule has 1 heterocycles. The number of carbonyl (C=O) groups excluding carboxylic acids is 2. The molecular formula is C20H18ClN3O4. The van der Waals surface area contributed by atoms with E-state index in [0.29, 0.717) is 22.3 Å². The number of halogens is 1. The van der Waals surface area contributed by atoms with Crippen molar-refractivity contribution in [2.24, 2.45) is 0 Å². The third-order valence-corrected chi connectivity index (χ3v) is 4.35. The van der Waals surface area contributed by atoms with Crippen LogP contribution in [0.1, 0.15) is 23.0 Å². The van der Waals surface area contributed by atoms with Crippen molar-refractivity contribution in [2.45, 2.75) is 20.0 Å². The number of nitrogens with one attached hydrogen (secondary N) is 1. The molecule has 0 radical (unpaired) electrons. The maximum atomic E-state index is 12.5. The van der Waals surface area contributed by atoms with Gasteiger partial charge in [0.05, 0.1) is 5.39 Å². The number of benzene rings is 2. The molecule has 144 valence electrons. The summed E-state index contributed by atoms with van der Waals surface area (Å²) in [6.07, 6.45) is 0. The Morgan fingerprint density at radius 3 is 2.46 bits per heavy atom. The fraction of sp³-hybridized carbons (Fsp3) is 0.200. The van der Waals surface area contributed by atoms with Gasteiger partial charge in [0.25, 0.3) is 11.5 Å². The van der Waals surface area contributed by atoms with Crippen molar-refractivity contribution in [3.05, 3.63) is 75.2 Å². The van der Waals surface area contributed by atoms with Crippen LogP contribution in [0.4, 0.5) is 0 Å². The monoisotopic (exact) mass is 399 g/mol. The Kier molecular flexibility index (Phi) is 6.06. The zero-order valence-corrected chi connectivity index (χ0v) is 15.9. The average Bonchev–Trinajstić information content (AvgIpc) is 2.72. The number of rotatable bonds is 6. The molecule has 0 saturated carbocycles. The molecule has 0 spiro atoms. The van der Waals surface area contributed by atoms with Crippen LogP contribution in [0.15, 0.2) is 53.3 Å². The van der Waals surface area contributed by atoms with Gasteiger partial charge >= 0.3 is 5.97 Å². The van der Waals surface area contributed by atoms with Gasteiger partial charge in [-0.25, -0.2) is 9.48 Å². The van der Waals surface area contributed by atoms with Crippen molar-refractivity contribution in [3.63, 3.8) is 0 Å². The summed E-state index contributed by atoms with van der Waals surface area (Å²) in [5, 5.41) is 8.12. The molecule has 0 saturated heterocycles. The van der Waals surface area contributed by atoms with E-state index in [1.165, 1.54) is 4.68 Å². The largest absolute Gasteiger partial charge is 0.451 e. The number of aryl methyl sites for hydroxylation is 1. The summed E-state index contributed by atoms with van der Waals surface area (Å²) >= 11 is 5.82. The highest BCUT2D eigenvalue weighted by Crippen LogP contribution is 2.14. The summed E-state index contributed by atoms with van der Waals surface area (Å²) in [5.41, 5.74) is 0.588. The molecule has 3 aromatic rings. The van der Waals surface area contributed by atoms with E-state index in [2.05, 4.69) is 10.4 Å². The van der Waals surface area contributed by atoms with Crippen LogP contribution < -0.4 is 10.9 Å². The molecule has 0 bridgehead atoms. The number of esters is 1. The molecule has 3 rings (SSSR count). The topological polar surface area (TPSA) is 90.3 Å². The van der Waals surface area contributed by atoms with Crippen LogP contribution in [0.5, 0.6) is 0 Å². The molecule has 7 nitrogen and oxygen atoms in total. The van der Waals surface area contributed by atoms with Crippen molar-refractivity contribution < 1.29 is 14.3 Å². The van der Waals surface area contributed by atoms with E-state index >= 15 is 0 Å². The molecule has 0 aliphatic rings. The number of hydrogen-bond donors (Lipinski definition) is 1. The summed E-state index contributed by atoms with van der Waals surface area (Å²) in [6, 6.07) is 13.7. The van der Waals surface area contributed by atoms with Gasteiger partial charge in [-0.15, -0.1) is 0 Å². The van der Waals surface area contributed by atoms with Gasteiger partial charge in [0, 0.05) is 23.5 Å². The summed E-state index contributed by atoms with van der Waals surface area (Å²) in [5.74, 6) is -1.21. The predicted molar refractivity (Wildman–Crippen MR) is 105 cm³/mol. The summed E-state index contributed by atoms with van der Waals surface area (Å²) in [4.78, 5) is 36.7. The van der Waals surface area contributed by atoms with Crippen LogP contribution in [0.3, 0.4) is 0 Å². The van der Waals surface area contributed by atoms with Crippen molar-refractivity contribution in [1.82, 2.24) is 15.1 Å². The maximum absolute atomic E-state index is 12.5. The Hall–Kier alpha value is -3.19. The Bertz CT molecular complexity index is 1080. The molecule has 0 aliphatic heterocycles. The first kappa shape index (κ1) is 19.6. The molecule has 28 heavy (non-hydrogen) atoms. The number of ether oxygens (including phenoxy) is 1. The Morgan fingerprint density at radius 1 is 1.11 bits per heavy atom. The van der Waals surface area contributed by atoms with Gasteiger partial charge in [0.1, 0.15) is 0 Å². The number of nitrogens with zero attached hydrogens (tertiary/aromatic N) is 2. The predicted octanol–water partition coefficient (Wildman–Crippen LogP) is 2.54. The highest BCUT2D eigenvalue weighted by atomic mass is 35.5. The van der Waals surface area contributed by atoms with Gasteiger partial charge in [-0.3, -0.25) is 9.59 Å². The van der Waals surface area contributed by atoms with Gasteiger partial charge in [-0.1, -0.05) is 41.9 Å². The normalized spacial score (nSPS) is 10.6. The van der Waals surface area contributed by atoms with Crippen LogP contribution in [-0.2, 0) is 22.6 Å². The molecular weight excluding hydrogens is 382 g/mol. The van der Waals surface area contributed by atoms with E-state index < -0.39 is 18.5 Å². The fourth-order valence-electron chi connectivity index (χ4n) is 2.65. The van der Waals surface area contributed by atoms with Crippen LogP contribution in [-0.4, -0.2) is 28.3 Å². The van der Waals surface area contributed by atoms with E-state index in [-0.39, 0.29) is 17.8 Å². The Balaban J connectivity index is 1.68. The van der Waals surface area contributed by atoms with Gasteiger partial charge in [0.15, 0.2) is 12.3 Å². The quantitative estimate of drug-likeness (QED) is 0.643. The molecule has 1 N–H and O–H groups in total. The number of carbonyl (C=O) groups is 2. The molecule has 1 aromatic heterocycles. The Morgan fingerprint density at radius 2 is 1.79 bits per heavy atom. The molecule has 0 unspecified atom stereocenters. The van der Waals surface area contributed by atoms with E-state index in [9.17, 15) is 14.4 Å². The molecule has 0 atom stereocenters. The molecule has 2 aromatic carbocycles. The van der Waals surface area contributed by atoms with Crippen molar-refractivity contribution >= 4 is 34.2 Å². The second kappa shape index (κ2) is 8.67. The minimum absolute atomic E-state index is 0.00236. The average molecular weight is 400 g/mol. The first-order valence-corrected chi connectivity index (χ1v) is 9.05. The van der Waals surface area contributed by atoms with Crippen molar-refractivity contribution in [2.75, 3.05) is 6.61 Å². The lowest BCUT2D eigenvalue weighted by molar-refractivity contribution is -0.124. The lowest BCUT2D eigenvalue weighted by Gasteiger charge is -2.10. The minimum atomic E-state index is -0.764. The fourth-order valence-corrected chi connectivity index (χ4v) is 2.78. The van der Waals surface area contributed by atoms with E-state index in [4.69, 9.17) is 16.3 Å². The second-order valence-electron chi connectivity index (χ2n) is 5.99. The summed E-state index contributed by atoms with van der Waals surface area (Å²) in [7, 11) is 0. The highest BCUT2D eigenvalue weighted by Gasteiger charge is 2.18. The van der Waals surface area contributed by atoms with Crippen LogP contribution >= 0.6 is 11.6 Å². The second-order valence-corrected chi connectivity index (χ2v) is 6.43. The standard InChI is InChI=1S/C20H18ClN3O4/c1-2-24-19(26)16-6-4-3-5-15(16)18(23-24)20(27)28-12-17(25)22-11-13-7-9-14(21)10-8-13/h3-10H,2,11-12H2,1H3,(H,22,25).